The van der Waals surface area contributed by atoms with Crippen molar-refractivity contribution in [1.82, 2.24) is 14.5 Å². The fourth-order valence-corrected chi connectivity index (χ4v) is 3.01. The Kier molecular flexibility index (Phi) is 6.50. The van der Waals surface area contributed by atoms with Crippen LogP contribution in [-0.4, -0.2) is 34.0 Å². The molecule has 3 rings (SSSR count). The lowest BCUT2D eigenvalue weighted by atomic mass is 10.2. The first-order chi connectivity index (χ1) is 13.6. The molecule has 2 aromatic carbocycles. The summed E-state index contributed by atoms with van der Waals surface area (Å²) in [7, 11) is 1.65. The number of hydrogen-bond acceptors (Lipinski definition) is 3. The van der Waals surface area contributed by atoms with Gasteiger partial charge in [0, 0.05) is 36.1 Å². The van der Waals surface area contributed by atoms with Gasteiger partial charge in [-0.05, 0) is 42.0 Å². The minimum atomic E-state index is -0.0874. The van der Waals surface area contributed by atoms with E-state index in [0.717, 1.165) is 17.1 Å². The zero-order valence-corrected chi connectivity index (χ0v) is 16.5. The van der Waals surface area contributed by atoms with Gasteiger partial charge in [0.25, 0.3) is 5.91 Å². The maximum absolute atomic E-state index is 12.9. The molecule has 0 saturated carbocycles. The van der Waals surface area contributed by atoms with E-state index in [9.17, 15) is 4.79 Å². The third kappa shape index (κ3) is 4.81. The maximum atomic E-state index is 12.9. The van der Waals surface area contributed by atoms with Crippen LogP contribution in [0.15, 0.2) is 73.6 Å². The first-order valence-corrected chi connectivity index (χ1v) is 9.27. The molecule has 0 N–H and O–H groups in total. The van der Waals surface area contributed by atoms with Crippen molar-refractivity contribution < 1.29 is 9.53 Å². The van der Waals surface area contributed by atoms with Gasteiger partial charge < -0.3 is 14.2 Å². The first-order valence-electron chi connectivity index (χ1n) is 8.89. The Morgan fingerprint density at radius 2 is 1.93 bits per heavy atom. The van der Waals surface area contributed by atoms with E-state index in [4.69, 9.17) is 16.3 Å². The van der Waals surface area contributed by atoms with E-state index in [2.05, 4.69) is 11.6 Å². The van der Waals surface area contributed by atoms with Crippen molar-refractivity contribution in [3.05, 3.63) is 95.6 Å². The molecule has 1 heterocycles. The molecular weight excluding hydrogens is 374 g/mol. The third-order valence-corrected chi connectivity index (χ3v) is 4.63. The van der Waals surface area contributed by atoms with Crippen LogP contribution in [0.1, 0.15) is 21.7 Å². The predicted octanol–water partition coefficient (Wildman–Crippen LogP) is 4.42. The van der Waals surface area contributed by atoms with E-state index in [1.165, 1.54) is 0 Å². The Labute approximate surface area is 169 Å². The molecule has 0 aliphatic carbocycles. The van der Waals surface area contributed by atoms with Gasteiger partial charge in [0.2, 0.25) is 0 Å². The molecule has 0 bridgehead atoms. The normalized spacial score (nSPS) is 10.5. The molecule has 0 spiro atoms. The number of halogens is 1. The molecule has 0 fully saturated rings. The average Bonchev–Trinajstić information content (AvgIpc) is 3.15. The van der Waals surface area contributed by atoms with Crippen LogP contribution < -0.4 is 4.74 Å². The monoisotopic (exact) mass is 395 g/mol. The molecule has 1 amide bonds. The van der Waals surface area contributed by atoms with Gasteiger partial charge in [-0.2, -0.15) is 0 Å². The van der Waals surface area contributed by atoms with Crippen LogP contribution in [0.2, 0.25) is 5.02 Å². The van der Waals surface area contributed by atoms with Crippen molar-refractivity contribution in [3.8, 4) is 5.75 Å². The molecule has 0 saturated heterocycles. The predicted molar refractivity (Wildman–Crippen MR) is 111 cm³/mol. The van der Waals surface area contributed by atoms with Crippen LogP contribution in [-0.2, 0) is 13.1 Å². The van der Waals surface area contributed by atoms with Gasteiger partial charge in [0.05, 0.1) is 13.7 Å². The zero-order valence-electron chi connectivity index (χ0n) is 15.7. The number of nitrogens with zero attached hydrogens (tertiary/aromatic N) is 3. The molecule has 0 aliphatic heterocycles. The topological polar surface area (TPSA) is 47.4 Å². The quantitative estimate of drug-likeness (QED) is 0.530. The van der Waals surface area contributed by atoms with Crippen molar-refractivity contribution in [3.63, 3.8) is 0 Å². The highest BCUT2D eigenvalue weighted by molar-refractivity contribution is 6.30. The van der Waals surface area contributed by atoms with Crippen molar-refractivity contribution >= 4 is 17.5 Å². The highest BCUT2D eigenvalue weighted by atomic mass is 35.5. The minimum absolute atomic E-state index is 0.0874. The second kappa shape index (κ2) is 9.24. The van der Waals surface area contributed by atoms with E-state index >= 15 is 0 Å². The molecule has 144 valence electrons. The average molecular weight is 396 g/mol. The maximum Gasteiger partial charge on any atom is 0.254 e. The van der Waals surface area contributed by atoms with Crippen molar-refractivity contribution in [1.29, 1.82) is 0 Å². The standard InChI is InChI=1S/C22H22ClN3O2/c1-3-13-26(22(27)18-6-8-19(23)9-7-18)16-21-24-12-14-25(21)15-17-4-10-20(28-2)11-5-17/h3-12,14H,1,13,15-16H2,2H3. The number of aromatic nitrogens is 2. The Bertz CT molecular complexity index is 933. The van der Waals surface area contributed by atoms with Crippen LogP contribution in [0, 0.1) is 0 Å². The van der Waals surface area contributed by atoms with Gasteiger partial charge in [-0.3, -0.25) is 4.79 Å². The third-order valence-electron chi connectivity index (χ3n) is 4.37. The van der Waals surface area contributed by atoms with Gasteiger partial charge >= 0.3 is 0 Å². The molecule has 5 nitrogen and oxygen atoms in total. The number of methoxy groups -OCH3 is 1. The number of carbonyl (C=O) groups is 1. The molecule has 6 heteroatoms. The second-order valence-corrected chi connectivity index (χ2v) is 6.74. The van der Waals surface area contributed by atoms with Gasteiger partial charge in [0.15, 0.2) is 0 Å². The fourth-order valence-electron chi connectivity index (χ4n) is 2.88. The highest BCUT2D eigenvalue weighted by Crippen LogP contribution is 2.16. The van der Waals surface area contributed by atoms with Gasteiger partial charge in [-0.15, -0.1) is 6.58 Å². The van der Waals surface area contributed by atoms with Crippen molar-refractivity contribution in [2.75, 3.05) is 13.7 Å². The van der Waals surface area contributed by atoms with Gasteiger partial charge in [-0.1, -0.05) is 29.8 Å². The van der Waals surface area contributed by atoms with E-state index < -0.39 is 0 Å². The van der Waals surface area contributed by atoms with Crippen LogP contribution in [0.25, 0.3) is 0 Å². The van der Waals surface area contributed by atoms with E-state index in [0.29, 0.717) is 30.2 Å². The van der Waals surface area contributed by atoms with E-state index in [-0.39, 0.29) is 5.91 Å². The number of carbonyl (C=O) groups excluding carboxylic acids is 1. The summed E-state index contributed by atoms with van der Waals surface area (Å²) in [5.41, 5.74) is 1.71. The zero-order chi connectivity index (χ0) is 19.9. The largest absolute Gasteiger partial charge is 0.497 e. The molecule has 28 heavy (non-hydrogen) atoms. The number of ether oxygens (including phenoxy) is 1. The molecule has 1 aromatic heterocycles. The molecule has 0 unspecified atom stereocenters. The summed E-state index contributed by atoms with van der Waals surface area (Å²) in [4.78, 5) is 19.1. The van der Waals surface area contributed by atoms with Crippen LogP contribution in [0.4, 0.5) is 0 Å². The molecule has 0 atom stereocenters. The SMILES string of the molecule is C=CCN(Cc1nccn1Cc1ccc(OC)cc1)C(=O)c1ccc(Cl)cc1. The minimum Gasteiger partial charge on any atom is -0.497 e. The first kappa shape index (κ1) is 19.7. The van der Waals surface area contributed by atoms with Crippen molar-refractivity contribution in [2.24, 2.45) is 0 Å². The Balaban J connectivity index is 1.76. The Morgan fingerprint density at radius 1 is 1.21 bits per heavy atom. The fraction of sp³-hybridized carbons (Fsp3) is 0.182. The van der Waals surface area contributed by atoms with Crippen LogP contribution >= 0.6 is 11.6 Å². The number of benzene rings is 2. The summed E-state index contributed by atoms with van der Waals surface area (Å²) >= 11 is 5.93. The lowest BCUT2D eigenvalue weighted by Crippen LogP contribution is -2.32. The summed E-state index contributed by atoms with van der Waals surface area (Å²) in [6, 6.07) is 14.8. The smallest absolute Gasteiger partial charge is 0.254 e. The number of imidazole rings is 1. The van der Waals surface area contributed by atoms with Gasteiger partial charge in [-0.25, -0.2) is 4.98 Å². The molecule has 3 aromatic rings. The number of amides is 1. The van der Waals surface area contributed by atoms with Crippen LogP contribution in [0.3, 0.4) is 0 Å². The van der Waals surface area contributed by atoms with E-state index in [1.807, 2.05) is 35.0 Å². The summed E-state index contributed by atoms with van der Waals surface area (Å²) in [5.74, 6) is 1.54. The second-order valence-electron chi connectivity index (χ2n) is 6.30. The lowest BCUT2D eigenvalue weighted by Gasteiger charge is -2.21. The van der Waals surface area contributed by atoms with Crippen molar-refractivity contribution in [2.45, 2.75) is 13.1 Å². The highest BCUT2D eigenvalue weighted by Gasteiger charge is 2.17. The number of hydrogen-bond donors (Lipinski definition) is 0. The number of rotatable bonds is 8. The summed E-state index contributed by atoms with van der Waals surface area (Å²) < 4.78 is 7.24. The molecular formula is C22H22ClN3O2. The Hall–Kier alpha value is -3.05. The summed E-state index contributed by atoms with van der Waals surface area (Å²) in [5, 5.41) is 0.599. The van der Waals surface area contributed by atoms with Gasteiger partial charge in [0.1, 0.15) is 11.6 Å². The molecule has 0 aliphatic rings. The summed E-state index contributed by atoms with van der Waals surface area (Å²) in [6.07, 6.45) is 5.38. The summed E-state index contributed by atoms with van der Waals surface area (Å²) in [6.45, 7) is 5.25. The Morgan fingerprint density at radius 3 is 2.57 bits per heavy atom. The lowest BCUT2D eigenvalue weighted by molar-refractivity contribution is 0.0757. The molecule has 0 radical (unpaired) electrons. The van der Waals surface area contributed by atoms with Crippen LogP contribution in [0.5, 0.6) is 5.75 Å². The van der Waals surface area contributed by atoms with E-state index in [1.54, 1.807) is 48.5 Å².